The van der Waals surface area contributed by atoms with Crippen molar-refractivity contribution in [3.63, 3.8) is 0 Å². The molecule has 0 radical (unpaired) electrons. The molecule has 1 amide bonds. The largest absolute Gasteiger partial charge is 0.355 e. The Hall–Kier alpha value is -3.24. The third-order valence-corrected chi connectivity index (χ3v) is 6.44. The van der Waals surface area contributed by atoms with Crippen molar-refractivity contribution in [2.24, 2.45) is 0 Å². The van der Waals surface area contributed by atoms with Crippen molar-refractivity contribution in [2.45, 2.75) is 18.4 Å². The number of hydrogen-bond acceptors (Lipinski definition) is 5. The van der Waals surface area contributed by atoms with Crippen LogP contribution in [0.4, 0.5) is 0 Å². The molecule has 1 atom stereocenters. The van der Waals surface area contributed by atoms with Gasteiger partial charge < -0.3 is 5.32 Å². The smallest absolute Gasteiger partial charge is 0.220 e. The van der Waals surface area contributed by atoms with Gasteiger partial charge in [-0.1, -0.05) is 66.7 Å². The van der Waals surface area contributed by atoms with Crippen LogP contribution in [0.2, 0.25) is 0 Å². The Morgan fingerprint density at radius 2 is 1.51 bits per heavy atom. The van der Waals surface area contributed by atoms with Gasteiger partial charge in [0.2, 0.25) is 5.91 Å². The van der Waals surface area contributed by atoms with Crippen molar-refractivity contribution >= 4 is 18.3 Å². The Morgan fingerprint density at radius 3 is 2.06 bits per heavy atom. The Balaban J connectivity index is 0.00000342. The third kappa shape index (κ3) is 7.37. The van der Waals surface area contributed by atoms with Crippen LogP contribution in [-0.2, 0) is 4.79 Å². The lowest BCUT2D eigenvalue weighted by Gasteiger charge is -2.36. The van der Waals surface area contributed by atoms with E-state index in [1.807, 2.05) is 48.5 Å². The van der Waals surface area contributed by atoms with Crippen LogP contribution in [0.15, 0.2) is 85.2 Å². The lowest BCUT2D eigenvalue weighted by atomic mass is 9.88. The van der Waals surface area contributed by atoms with Gasteiger partial charge in [0.1, 0.15) is 6.04 Å². The molecule has 35 heavy (non-hydrogen) atoms. The second-order valence-electron chi connectivity index (χ2n) is 8.62. The van der Waals surface area contributed by atoms with Crippen LogP contribution in [0, 0.1) is 11.3 Å². The van der Waals surface area contributed by atoms with E-state index >= 15 is 0 Å². The van der Waals surface area contributed by atoms with Crippen molar-refractivity contribution in [3.8, 4) is 6.07 Å². The lowest BCUT2D eigenvalue weighted by Crippen LogP contribution is -2.49. The highest BCUT2D eigenvalue weighted by molar-refractivity contribution is 5.85. The Kier molecular flexibility index (Phi) is 10.2. The fourth-order valence-electron chi connectivity index (χ4n) is 4.56. The van der Waals surface area contributed by atoms with Crippen LogP contribution in [0.25, 0.3) is 0 Å². The van der Waals surface area contributed by atoms with E-state index in [9.17, 15) is 10.1 Å². The monoisotopic (exact) mass is 489 g/mol. The topological polar surface area (TPSA) is 72.3 Å². The number of nitrogens with one attached hydrogen (secondary N) is 1. The first-order chi connectivity index (χ1) is 16.7. The molecule has 1 aromatic heterocycles. The number of aromatic nitrogens is 1. The fourth-order valence-corrected chi connectivity index (χ4v) is 4.56. The molecule has 0 bridgehead atoms. The van der Waals surface area contributed by atoms with Crippen LogP contribution in [0.5, 0.6) is 0 Å². The van der Waals surface area contributed by atoms with Gasteiger partial charge >= 0.3 is 0 Å². The van der Waals surface area contributed by atoms with Crippen LogP contribution in [-0.4, -0.2) is 60.0 Å². The van der Waals surface area contributed by atoms with E-state index in [-0.39, 0.29) is 30.3 Å². The molecule has 1 unspecified atom stereocenters. The summed E-state index contributed by atoms with van der Waals surface area (Å²) in [6.45, 7) is 4.84. The van der Waals surface area contributed by atoms with Gasteiger partial charge in [-0.15, -0.1) is 12.4 Å². The summed E-state index contributed by atoms with van der Waals surface area (Å²) in [6, 6.07) is 26.4. The first-order valence-corrected chi connectivity index (χ1v) is 11.9. The predicted molar refractivity (Wildman–Crippen MR) is 140 cm³/mol. The first-order valence-electron chi connectivity index (χ1n) is 11.9. The molecular formula is C28H32ClN5O. The van der Waals surface area contributed by atoms with E-state index in [0.29, 0.717) is 13.0 Å². The number of carbonyl (C=O) groups is 1. The molecular weight excluding hydrogens is 458 g/mol. The normalized spacial score (nSPS) is 15.1. The summed E-state index contributed by atoms with van der Waals surface area (Å²) in [5, 5.41) is 12.8. The molecule has 0 spiro atoms. The molecule has 1 fully saturated rings. The second kappa shape index (κ2) is 13.6. The quantitative estimate of drug-likeness (QED) is 0.491. The van der Waals surface area contributed by atoms with E-state index in [2.05, 4.69) is 50.4 Å². The zero-order valence-corrected chi connectivity index (χ0v) is 20.6. The molecule has 1 aliphatic rings. The number of amides is 1. The van der Waals surface area contributed by atoms with Crippen LogP contribution in [0.1, 0.15) is 35.1 Å². The van der Waals surface area contributed by atoms with Crippen LogP contribution < -0.4 is 5.32 Å². The molecule has 0 saturated carbocycles. The van der Waals surface area contributed by atoms with E-state index < -0.39 is 0 Å². The fraction of sp³-hybridized carbons (Fsp3) is 0.321. The molecule has 2 heterocycles. The Bertz CT molecular complexity index is 1030. The number of hydrogen-bond donors (Lipinski definition) is 1. The highest BCUT2D eigenvalue weighted by Gasteiger charge is 2.25. The molecule has 6 nitrogen and oxygen atoms in total. The average Bonchev–Trinajstić information content (AvgIpc) is 2.90. The minimum Gasteiger partial charge on any atom is -0.355 e. The van der Waals surface area contributed by atoms with Crippen molar-refractivity contribution in [2.75, 3.05) is 39.3 Å². The number of nitriles is 1. The van der Waals surface area contributed by atoms with Gasteiger partial charge in [0.25, 0.3) is 0 Å². The standard InChI is InChI=1S/C28H31N5O.ClH/c29-21-27(25-12-7-13-30-22-25)33-18-16-32(17-19-33)15-14-31-28(34)20-26(23-8-3-1-4-9-23)24-10-5-2-6-11-24;/h1-13,22,26-27H,14-20H2,(H,31,34);1H. The second-order valence-corrected chi connectivity index (χ2v) is 8.62. The molecule has 182 valence electrons. The van der Waals surface area contributed by atoms with E-state index in [4.69, 9.17) is 0 Å². The van der Waals surface area contributed by atoms with E-state index in [1.165, 1.54) is 0 Å². The van der Waals surface area contributed by atoms with Crippen molar-refractivity contribution in [1.29, 1.82) is 5.26 Å². The zero-order valence-electron chi connectivity index (χ0n) is 19.8. The number of pyridine rings is 1. The number of benzene rings is 2. The van der Waals surface area contributed by atoms with Gasteiger partial charge in [-0.2, -0.15) is 5.26 Å². The summed E-state index contributed by atoms with van der Waals surface area (Å²) in [4.78, 5) is 21.5. The van der Waals surface area contributed by atoms with Crippen molar-refractivity contribution in [3.05, 3.63) is 102 Å². The maximum atomic E-state index is 12.8. The summed E-state index contributed by atoms with van der Waals surface area (Å²) < 4.78 is 0. The highest BCUT2D eigenvalue weighted by atomic mass is 35.5. The zero-order chi connectivity index (χ0) is 23.6. The minimum atomic E-state index is -0.261. The number of halogens is 1. The molecule has 3 aromatic rings. The van der Waals surface area contributed by atoms with Gasteiger partial charge in [0.05, 0.1) is 6.07 Å². The van der Waals surface area contributed by atoms with Gasteiger partial charge in [0, 0.05) is 69.6 Å². The number of rotatable bonds is 9. The molecule has 7 heteroatoms. The Morgan fingerprint density at radius 1 is 0.914 bits per heavy atom. The van der Waals surface area contributed by atoms with Gasteiger partial charge in [-0.25, -0.2) is 0 Å². The van der Waals surface area contributed by atoms with Gasteiger partial charge in [0.15, 0.2) is 0 Å². The summed E-state index contributed by atoms with van der Waals surface area (Å²) in [5.74, 6) is 0.110. The summed E-state index contributed by atoms with van der Waals surface area (Å²) in [6.07, 6.45) is 3.93. The summed E-state index contributed by atoms with van der Waals surface area (Å²) >= 11 is 0. The molecule has 2 aromatic carbocycles. The molecule has 4 rings (SSSR count). The van der Waals surface area contributed by atoms with Gasteiger partial charge in [-0.05, 0) is 17.2 Å². The predicted octanol–water partition coefficient (Wildman–Crippen LogP) is 4.02. The van der Waals surface area contributed by atoms with Crippen LogP contribution in [0.3, 0.4) is 0 Å². The molecule has 1 saturated heterocycles. The van der Waals surface area contributed by atoms with Crippen LogP contribution >= 0.6 is 12.4 Å². The number of piperazine rings is 1. The first kappa shape index (κ1) is 26.4. The number of nitrogens with zero attached hydrogens (tertiary/aromatic N) is 4. The maximum Gasteiger partial charge on any atom is 0.220 e. The van der Waals surface area contributed by atoms with E-state index in [0.717, 1.165) is 49.4 Å². The van der Waals surface area contributed by atoms with Crippen molar-refractivity contribution < 1.29 is 4.79 Å². The highest BCUT2D eigenvalue weighted by Crippen LogP contribution is 2.27. The molecule has 0 aliphatic carbocycles. The SMILES string of the molecule is Cl.N#CC(c1cccnc1)N1CCN(CCNC(=O)CC(c2ccccc2)c2ccccc2)CC1. The maximum absolute atomic E-state index is 12.8. The van der Waals surface area contributed by atoms with Gasteiger partial charge in [-0.3, -0.25) is 19.6 Å². The summed E-state index contributed by atoms with van der Waals surface area (Å²) in [5.41, 5.74) is 3.25. The number of carbonyl (C=O) groups excluding carboxylic acids is 1. The lowest BCUT2D eigenvalue weighted by molar-refractivity contribution is -0.121. The molecule has 1 N–H and O–H groups in total. The summed E-state index contributed by atoms with van der Waals surface area (Å²) in [7, 11) is 0. The third-order valence-electron chi connectivity index (χ3n) is 6.44. The van der Waals surface area contributed by atoms with Crippen molar-refractivity contribution in [1.82, 2.24) is 20.1 Å². The minimum absolute atomic E-state index is 0. The Labute approximate surface area is 214 Å². The molecule has 1 aliphatic heterocycles. The van der Waals surface area contributed by atoms with E-state index in [1.54, 1.807) is 12.4 Å². The average molecular weight is 490 g/mol.